The first kappa shape index (κ1) is 31.0. The maximum atomic E-state index is 12.5. The van der Waals surface area contributed by atoms with Crippen LogP contribution < -0.4 is 0 Å². The minimum absolute atomic E-state index is 0.0776. The largest absolute Gasteiger partial charge is 0.459 e. The van der Waals surface area contributed by atoms with E-state index in [-0.39, 0.29) is 61.9 Å². The molecule has 12 heteroatoms. The molecule has 0 aliphatic rings. The Balaban J connectivity index is 1.86. The van der Waals surface area contributed by atoms with Crippen molar-refractivity contribution < 1.29 is 57.2 Å². The van der Waals surface area contributed by atoms with Crippen molar-refractivity contribution in [1.82, 2.24) is 0 Å². The lowest BCUT2D eigenvalue weighted by molar-refractivity contribution is -0.139. The molecule has 210 valence electrons. The number of hydrogen-bond acceptors (Lipinski definition) is 12. The highest BCUT2D eigenvalue weighted by Crippen LogP contribution is 2.14. The molecule has 0 spiro atoms. The van der Waals surface area contributed by atoms with Crippen LogP contribution in [0.1, 0.15) is 41.4 Å². The van der Waals surface area contributed by atoms with Crippen molar-refractivity contribution in [2.45, 2.75) is 0 Å². The van der Waals surface area contributed by atoms with Crippen molar-refractivity contribution in [3.8, 4) is 0 Å². The van der Waals surface area contributed by atoms with E-state index in [2.05, 4.69) is 13.2 Å². The zero-order chi connectivity index (χ0) is 29.3. The van der Waals surface area contributed by atoms with Crippen LogP contribution in [0.5, 0.6) is 0 Å². The van der Waals surface area contributed by atoms with Crippen molar-refractivity contribution >= 4 is 35.8 Å². The van der Waals surface area contributed by atoms with E-state index >= 15 is 0 Å². The molecule has 2 rings (SSSR count). The highest BCUT2D eigenvalue weighted by Gasteiger charge is 2.21. The van der Waals surface area contributed by atoms with Crippen LogP contribution in [-0.4, -0.2) is 75.5 Å². The molecule has 0 unspecified atom stereocenters. The number of rotatable bonds is 15. The molecule has 0 aliphatic heterocycles. The molecular formula is C28H26O12. The standard InChI is InChI=1S/C28H26O12/c1-3-23(29)35-13-15-37-25(31)19-9-5-7-11-21(19)27(33)39-17-18-40-28(34)22-12-8-6-10-20(22)26(32)38-16-14-36-24(30)4-2/h3-12H,1-2,13-18H2. The zero-order valence-corrected chi connectivity index (χ0v) is 21.3. The fourth-order valence-electron chi connectivity index (χ4n) is 2.93. The van der Waals surface area contributed by atoms with Gasteiger partial charge in [-0.05, 0) is 24.3 Å². The Bertz CT molecular complexity index is 1170. The van der Waals surface area contributed by atoms with Crippen LogP contribution in [-0.2, 0) is 38.0 Å². The van der Waals surface area contributed by atoms with Gasteiger partial charge >= 0.3 is 35.8 Å². The lowest BCUT2D eigenvalue weighted by Crippen LogP contribution is -2.19. The molecular weight excluding hydrogens is 528 g/mol. The van der Waals surface area contributed by atoms with E-state index < -0.39 is 35.8 Å². The molecule has 0 heterocycles. The summed E-state index contributed by atoms with van der Waals surface area (Å²) in [7, 11) is 0. The monoisotopic (exact) mass is 554 g/mol. The molecule has 0 fully saturated rings. The van der Waals surface area contributed by atoms with E-state index in [0.717, 1.165) is 12.2 Å². The van der Waals surface area contributed by atoms with Crippen molar-refractivity contribution in [1.29, 1.82) is 0 Å². The molecule has 0 amide bonds. The summed E-state index contributed by atoms with van der Waals surface area (Å²) in [6.07, 6.45) is 1.93. The molecule has 40 heavy (non-hydrogen) atoms. The lowest BCUT2D eigenvalue weighted by atomic mass is 10.1. The third-order valence-electron chi connectivity index (χ3n) is 4.74. The highest BCUT2D eigenvalue weighted by atomic mass is 16.6. The minimum Gasteiger partial charge on any atom is -0.459 e. The first-order valence-corrected chi connectivity index (χ1v) is 11.7. The smallest absolute Gasteiger partial charge is 0.339 e. The molecule has 0 N–H and O–H groups in total. The zero-order valence-electron chi connectivity index (χ0n) is 21.3. The van der Waals surface area contributed by atoms with Gasteiger partial charge in [0.1, 0.15) is 39.6 Å². The van der Waals surface area contributed by atoms with Crippen LogP contribution in [0.25, 0.3) is 0 Å². The van der Waals surface area contributed by atoms with Crippen LogP contribution in [0, 0.1) is 0 Å². The molecule has 12 nitrogen and oxygen atoms in total. The second kappa shape index (κ2) is 16.6. The van der Waals surface area contributed by atoms with Gasteiger partial charge < -0.3 is 28.4 Å². The van der Waals surface area contributed by atoms with Gasteiger partial charge in [0.05, 0.1) is 22.3 Å². The first-order valence-electron chi connectivity index (χ1n) is 11.7. The highest BCUT2D eigenvalue weighted by molar-refractivity contribution is 6.04. The van der Waals surface area contributed by atoms with Crippen LogP contribution in [0.2, 0.25) is 0 Å². The van der Waals surface area contributed by atoms with E-state index in [9.17, 15) is 28.8 Å². The van der Waals surface area contributed by atoms with Crippen molar-refractivity contribution in [3.05, 3.63) is 96.1 Å². The SMILES string of the molecule is C=CC(=O)OCCOC(=O)c1ccccc1C(=O)OCCOC(=O)c1ccccc1C(=O)OCCOC(=O)C=C. The molecule has 2 aromatic carbocycles. The van der Waals surface area contributed by atoms with Gasteiger partial charge in [0.25, 0.3) is 0 Å². The van der Waals surface area contributed by atoms with Crippen LogP contribution in [0.3, 0.4) is 0 Å². The number of carbonyl (C=O) groups excluding carboxylic acids is 6. The van der Waals surface area contributed by atoms with Crippen LogP contribution in [0.15, 0.2) is 73.8 Å². The molecule has 2 aromatic rings. The Morgan fingerprint density at radius 3 is 0.900 bits per heavy atom. The Labute approximate surface area is 229 Å². The summed E-state index contributed by atoms with van der Waals surface area (Å²) in [5.41, 5.74) is -0.333. The quantitative estimate of drug-likeness (QED) is 0.137. The van der Waals surface area contributed by atoms with Gasteiger partial charge in [-0.3, -0.25) is 0 Å². The maximum absolute atomic E-state index is 12.5. The second-order valence-corrected chi connectivity index (χ2v) is 7.38. The van der Waals surface area contributed by atoms with E-state index in [0.29, 0.717) is 0 Å². The molecule has 0 aromatic heterocycles. The van der Waals surface area contributed by atoms with Crippen LogP contribution in [0.4, 0.5) is 0 Å². The summed E-state index contributed by atoms with van der Waals surface area (Å²) >= 11 is 0. The molecule has 0 radical (unpaired) electrons. The fourth-order valence-corrected chi connectivity index (χ4v) is 2.93. The summed E-state index contributed by atoms with van der Waals surface area (Å²) in [6.45, 7) is 4.91. The predicted molar refractivity (Wildman–Crippen MR) is 136 cm³/mol. The van der Waals surface area contributed by atoms with E-state index in [4.69, 9.17) is 28.4 Å². The Morgan fingerprint density at radius 1 is 0.450 bits per heavy atom. The number of hydrogen-bond donors (Lipinski definition) is 0. The van der Waals surface area contributed by atoms with Gasteiger partial charge in [0.2, 0.25) is 0 Å². The van der Waals surface area contributed by atoms with Crippen LogP contribution >= 0.6 is 0 Å². The Kier molecular flexibility index (Phi) is 12.8. The number of ether oxygens (including phenoxy) is 6. The Hall–Kier alpha value is -5.26. The van der Waals surface area contributed by atoms with Crippen molar-refractivity contribution in [2.24, 2.45) is 0 Å². The fraction of sp³-hybridized carbons (Fsp3) is 0.214. The third kappa shape index (κ3) is 9.89. The maximum Gasteiger partial charge on any atom is 0.339 e. The second-order valence-electron chi connectivity index (χ2n) is 7.38. The van der Waals surface area contributed by atoms with E-state index in [1.54, 1.807) is 0 Å². The molecule has 0 atom stereocenters. The summed E-state index contributed by atoms with van der Waals surface area (Å²) in [6, 6.07) is 11.5. The number of carbonyl (C=O) groups is 6. The topological polar surface area (TPSA) is 158 Å². The summed E-state index contributed by atoms with van der Waals surface area (Å²) in [5, 5.41) is 0. The molecule has 0 bridgehead atoms. The van der Waals surface area contributed by atoms with Gasteiger partial charge in [-0.1, -0.05) is 37.4 Å². The van der Waals surface area contributed by atoms with Gasteiger partial charge in [-0.25, -0.2) is 28.8 Å². The first-order chi connectivity index (χ1) is 19.3. The molecule has 0 saturated heterocycles. The lowest BCUT2D eigenvalue weighted by Gasteiger charge is -2.11. The normalized spacial score (nSPS) is 9.90. The number of benzene rings is 2. The van der Waals surface area contributed by atoms with Gasteiger partial charge in [0, 0.05) is 12.2 Å². The summed E-state index contributed by atoms with van der Waals surface area (Å²) in [5.74, 6) is -4.77. The summed E-state index contributed by atoms with van der Waals surface area (Å²) < 4.78 is 29.6. The minimum atomic E-state index is -0.872. The third-order valence-corrected chi connectivity index (χ3v) is 4.74. The van der Waals surface area contributed by atoms with E-state index in [1.165, 1.54) is 48.5 Å². The van der Waals surface area contributed by atoms with Crippen molar-refractivity contribution in [2.75, 3.05) is 39.6 Å². The predicted octanol–water partition coefficient (Wildman–Crippen LogP) is 2.47. The van der Waals surface area contributed by atoms with Gasteiger partial charge in [0.15, 0.2) is 0 Å². The number of esters is 6. The van der Waals surface area contributed by atoms with Gasteiger partial charge in [-0.15, -0.1) is 0 Å². The molecule has 0 saturated carbocycles. The van der Waals surface area contributed by atoms with Gasteiger partial charge in [-0.2, -0.15) is 0 Å². The average Bonchev–Trinajstić information content (AvgIpc) is 2.98. The molecule has 0 aliphatic carbocycles. The average molecular weight is 555 g/mol. The van der Waals surface area contributed by atoms with Crippen molar-refractivity contribution in [3.63, 3.8) is 0 Å². The summed E-state index contributed by atoms with van der Waals surface area (Å²) in [4.78, 5) is 71.8. The Morgan fingerprint density at radius 2 is 0.675 bits per heavy atom. The van der Waals surface area contributed by atoms with E-state index in [1.807, 2.05) is 0 Å².